The van der Waals surface area contributed by atoms with Crippen LogP contribution in [0.4, 0.5) is 8.78 Å². The molecule has 1 aliphatic carbocycles. The highest BCUT2D eigenvalue weighted by molar-refractivity contribution is 7.99. The summed E-state index contributed by atoms with van der Waals surface area (Å²) in [5, 5.41) is 3.50. The number of fused-ring (bicyclic) bond motifs is 1. The summed E-state index contributed by atoms with van der Waals surface area (Å²) in [5.74, 6) is -1.63. The molecule has 2 N–H and O–H groups in total. The molecule has 0 saturated heterocycles. The van der Waals surface area contributed by atoms with Gasteiger partial charge in [-0.2, -0.15) is 0 Å². The highest BCUT2D eigenvalue weighted by Crippen LogP contribution is 2.22. The number of nitrogens with zero attached hydrogens (tertiary/aromatic N) is 1. The summed E-state index contributed by atoms with van der Waals surface area (Å²) in [7, 11) is 0. The van der Waals surface area contributed by atoms with Gasteiger partial charge in [0.05, 0.1) is 16.8 Å². The second-order valence-electron chi connectivity index (χ2n) is 5.52. The fraction of sp³-hybridized carbons (Fsp3) is 0.467. The van der Waals surface area contributed by atoms with Gasteiger partial charge in [0.2, 0.25) is 5.91 Å². The van der Waals surface area contributed by atoms with Gasteiger partial charge in [-0.05, 0) is 12.8 Å². The van der Waals surface area contributed by atoms with E-state index in [-0.39, 0.29) is 17.7 Å². The molecule has 118 valence electrons. The van der Waals surface area contributed by atoms with E-state index in [2.05, 4.69) is 15.3 Å². The minimum atomic E-state index is -0.925. The summed E-state index contributed by atoms with van der Waals surface area (Å²) in [6.07, 6.45) is 5.66. The van der Waals surface area contributed by atoms with E-state index in [9.17, 15) is 13.6 Å². The summed E-state index contributed by atoms with van der Waals surface area (Å²) < 4.78 is 26.3. The van der Waals surface area contributed by atoms with E-state index in [1.54, 1.807) is 0 Å². The van der Waals surface area contributed by atoms with Gasteiger partial charge in [0, 0.05) is 18.2 Å². The van der Waals surface area contributed by atoms with Crippen LogP contribution in [-0.2, 0) is 4.79 Å². The molecule has 1 fully saturated rings. The van der Waals surface area contributed by atoms with Crippen molar-refractivity contribution in [3.8, 4) is 0 Å². The van der Waals surface area contributed by atoms with Crippen molar-refractivity contribution in [2.24, 2.45) is 0 Å². The number of halogens is 2. The van der Waals surface area contributed by atoms with Crippen molar-refractivity contribution < 1.29 is 13.6 Å². The van der Waals surface area contributed by atoms with Crippen molar-refractivity contribution in [3.63, 3.8) is 0 Å². The molecule has 22 heavy (non-hydrogen) atoms. The fourth-order valence-electron chi connectivity index (χ4n) is 2.70. The lowest BCUT2D eigenvalue weighted by molar-refractivity contribution is -0.119. The zero-order valence-electron chi connectivity index (χ0n) is 12.0. The highest BCUT2D eigenvalue weighted by Gasteiger charge is 2.16. The molecule has 3 rings (SSSR count). The van der Waals surface area contributed by atoms with Gasteiger partial charge >= 0.3 is 0 Å². The Hall–Kier alpha value is -1.63. The van der Waals surface area contributed by atoms with E-state index in [1.165, 1.54) is 31.0 Å². The monoisotopic (exact) mass is 325 g/mol. The van der Waals surface area contributed by atoms with E-state index in [0.717, 1.165) is 25.0 Å². The molecular weight excluding hydrogens is 308 g/mol. The molecule has 7 heteroatoms. The van der Waals surface area contributed by atoms with E-state index in [0.29, 0.717) is 16.2 Å². The van der Waals surface area contributed by atoms with Crippen LogP contribution in [0, 0.1) is 11.6 Å². The SMILES string of the molecule is O=C(CSc1nc2cc(F)c(F)cc2[nH]1)NC1CCCCC1. The first-order chi connectivity index (χ1) is 10.6. The first kappa shape index (κ1) is 15.3. The lowest BCUT2D eigenvalue weighted by atomic mass is 9.95. The maximum Gasteiger partial charge on any atom is 0.230 e. The molecule has 1 aromatic carbocycles. The Labute approximate surface area is 131 Å². The molecule has 1 amide bonds. The van der Waals surface area contributed by atoms with Crippen LogP contribution in [0.1, 0.15) is 32.1 Å². The normalized spacial score (nSPS) is 16.1. The summed E-state index contributed by atoms with van der Waals surface area (Å²) in [6, 6.07) is 2.40. The minimum absolute atomic E-state index is 0.0327. The Bertz CT molecular complexity index is 644. The number of carbonyl (C=O) groups excluding carboxylic acids is 1. The Kier molecular flexibility index (Phi) is 4.61. The summed E-state index contributed by atoms with van der Waals surface area (Å²) in [6.45, 7) is 0. The summed E-state index contributed by atoms with van der Waals surface area (Å²) >= 11 is 1.23. The molecule has 1 aliphatic rings. The van der Waals surface area contributed by atoms with Crippen LogP contribution < -0.4 is 5.32 Å². The van der Waals surface area contributed by atoms with Gasteiger partial charge in [-0.1, -0.05) is 31.0 Å². The molecule has 0 radical (unpaired) electrons. The Morgan fingerprint density at radius 2 is 2.00 bits per heavy atom. The third kappa shape index (κ3) is 3.58. The molecule has 0 spiro atoms. The fourth-order valence-corrected chi connectivity index (χ4v) is 3.40. The molecule has 1 saturated carbocycles. The number of hydrogen-bond acceptors (Lipinski definition) is 3. The van der Waals surface area contributed by atoms with Crippen LogP contribution in [0.5, 0.6) is 0 Å². The number of hydrogen-bond donors (Lipinski definition) is 2. The summed E-state index contributed by atoms with van der Waals surface area (Å²) in [5.41, 5.74) is 0.781. The number of aromatic amines is 1. The Morgan fingerprint density at radius 1 is 1.27 bits per heavy atom. The first-order valence-corrected chi connectivity index (χ1v) is 8.37. The van der Waals surface area contributed by atoms with Crippen molar-refractivity contribution in [1.82, 2.24) is 15.3 Å². The molecule has 4 nitrogen and oxygen atoms in total. The molecule has 1 heterocycles. The maximum absolute atomic E-state index is 13.1. The van der Waals surface area contributed by atoms with E-state index >= 15 is 0 Å². The number of amides is 1. The number of rotatable bonds is 4. The quantitative estimate of drug-likeness (QED) is 0.847. The van der Waals surface area contributed by atoms with Crippen LogP contribution in [0.2, 0.25) is 0 Å². The van der Waals surface area contributed by atoms with Crippen molar-refractivity contribution in [3.05, 3.63) is 23.8 Å². The van der Waals surface area contributed by atoms with E-state index in [1.807, 2.05) is 0 Å². The van der Waals surface area contributed by atoms with Gasteiger partial charge in [0.1, 0.15) is 0 Å². The van der Waals surface area contributed by atoms with Crippen LogP contribution >= 0.6 is 11.8 Å². The van der Waals surface area contributed by atoms with Gasteiger partial charge < -0.3 is 10.3 Å². The standard InChI is InChI=1S/C15H17F2N3OS/c16-10-6-12-13(7-11(10)17)20-15(19-12)22-8-14(21)18-9-4-2-1-3-5-9/h6-7,9H,1-5,8H2,(H,18,21)(H,19,20). The smallest absolute Gasteiger partial charge is 0.230 e. The largest absolute Gasteiger partial charge is 0.353 e. The number of H-pyrrole nitrogens is 1. The molecule has 2 aromatic rings. The van der Waals surface area contributed by atoms with Crippen LogP contribution in [-0.4, -0.2) is 27.7 Å². The predicted molar refractivity (Wildman–Crippen MR) is 81.7 cm³/mol. The van der Waals surface area contributed by atoms with Crippen LogP contribution in [0.15, 0.2) is 17.3 Å². The van der Waals surface area contributed by atoms with Crippen LogP contribution in [0.3, 0.4) is 0 Å². The zero-order valence-corrected chi connectivity index (χ0v) is 12.8. The number of carbonyl (C=O) groups is 1. The van der Waals surface area contributed by atoms with E-state index < -0.39 is 11.6 Å². The third-order valence-corrected chi connectivity index (χ3v) is 4.69. The topological polar surface area (TPSA) is 57.8 Å². The highest BCUT2D eigenvalue weighted by atomic mass is 32.2. The molecule has 0 bridgehead atoms. The number of nitrogens with one attached hydrogen (secondary N) is 2. The van der Waals surface area contributed by atoms with Gasteiger partial charge in [-0.3, -0.25) is 4.79 Å². The van der Waals surface area contributed by atoms with Crippen molar-refractivity contribution in [2.45, 2.75) is 43.3 Å². The van der Waals surface area contributed by atoms with Gasteiger partial charge in [0.25, 0.3) is 0 Å². The lowest BCUT2D eigenvalue weighted by Crippen LogP contribution is -2.37. The Morgan fingerprint density at radius 3 is 2.77 bits per heavy atom. The second kappa shape index (κ2) is 6.64. The van der Waals surface area contributed by atoms with Gasteiger partial charge in [0.15, 0.2) is 16.8 Å². The van der Waals surface area contributed by atoms with Crippen LogP contribution in [0.25, 0.3) is 11.0 Å². The van der Waals surface area contributed by atoms with Crippen molar-refractivity contribution in [1.29, 1.82) is 0 Å². The molecule has 0 atom stereocenters. The average Bonchev–Trinajstić information content (AvgIpc) is 2.88. The number of aromatic nitrogens is 2. The average molecular weight is 325 g/mol. The second-order valence-corrected chi connectivity index (χ2v) is 6.48. The zero-order chi connectivity index (χ0) is 15.5. The third-order valence-electron chi connectivity index (χ3n) is 3.81. The van der Waals surface area contributed by atoms with Crippen molar-refractivity contribution >= 4 is 28.7 Å². The van der Waals surface area contributed by atoms with E-state index in [4.69, 9.17) is 0 Å². The molecule has 0 unspecified atom stereocenters. The predicted octanol–water partition coefficient (Wildman–Crippen LogP) is 3.38. The number of benzene rings is 1. The lowest BCUT2D eigenvalue weighted by Gasteiger charge is -2.22. The molecular formula is C15H17F2N3OS. The maximum atomic E-state index is 13.1. The van der Waals surface area contributed by atoms with Gasteiger partial charge in [-0.15, -0.1) is 0 Å². The Balaban J connectivity index is 1.57. The molecule has 0 aliphatic heterocycles. The summed E-state index contributed by atoms with van der Waals surface area (Å²) in [4.78, 5) is 19.0. The van der Waals surface area contributed by atoms with Gasteiger partial charge in [-0.25, -0.2) is 13.8 Å². The molecule has 1 aromatic heterocycles. The minimum Gasteiger partial charge on any atom is -0.353 e. The number of thioether (sulfide) groups is 1. The van der Waals surface area contributed by atoms with Crippen molar-refractivity contribution in [2.75, 3.05) is 5.75 Å². The first-order valence-electron chi connectivity index (χ1n) is 7.39. The number of imidazole rings is 1.